The van der Waals surface area contributed by atoms with Crippen molar-refractivity contribution in [2.75, 3.05) is 12.4 Å². The van der Waals surface area contributed by atoms with E-state index in [0.29, 0.717) is 0 Å². The molecule has 1 amide bonds. The van der Waals surface area contributed by atoms with Crippen molar-refractivity contribution in [1.29, 1.82) is 0 Å². The third-order valence-corrected chi connectivity index (χ3v) is 2.15. The number of carbonyl (C=O) groups excluding carboxylic acids is 2. The lowest BCUT2D eigenvalue weighted by Crippen LogP contribution is -2.51. The average Bonchev–Trinajstić information content (AvgIpc) is 2.22. The zero-order valence-corrected chi connectivity index (χ0v) is 9.33. The fourth-order valence-electron chi connectivity index (χ4n) is 0.731. The predicted molar refractivity (Wildman–Crippen MR) is 48.9 cm³/mol. The lowest BCUT2D eigenvalue weighted by Gasteiger charge is -2.19. The van der Waals surface area contributed by atoms with Crippen LogP contribution in [-0.2, 0) is 9.59 Å². The Hall–Kier alpha value is -0.920. The van der Waals surface area contributed by atoms with Crippen LogP contribution < -0.4 is 5.32 Å². The van der Waals surface area contributed by atoms with Crippen molar-refractivity contribution >= 4 is 23.3 Å². The molecule has 100 valence electrons. The minimum atomic E-state index is -5.96. The summed E-state index contributed by atoms with van der Waals surface area (Å²) in [5.41, 5.74) is 0. The summed E-state index contributed by atoms with van der Waals surface area (Å²) in [5, 5.41) is 1.36. The van der Waals surface area contributed by atoms with E-state index in [9.17, 15) is 31.5 Å². The van der Waals surface area contributed by atoms with Gasteiger partial charge in [0, 0.05) is 12.5 Å². The van der Waals surface area contributed by atoms with Crippen LogP contribution in [0, 0.1) is 5.92 Å². The van der Waals surface area contributed by atoms with Gasteiger partial charge in [-0.05, 0) is 0 Å². The van der Waals surface area contributed by atoms with Gasteiger partial charge in [0.1, 0.15) is 0 Å². The van der Waals surface area contributed by atoms with Crippen molar-refractivity contribution in [2.45, 2.75) is 19.0 Å². The Morgan fingerprint density at radius 2 is 1.71 bits per heavy atom. The van der Waals surface area contributed by atoms with Gasteiger partial charge >= 0.3 is 12.1 Å². The molecule has 0 saturated heterocycles. The third kappa shape index (κ3) is 4.10. The van der Waals surface area contributed by atoms with Crippen molar-refractivity contribution in [2.24, 2.45) is 5.92 Å². The molecule has 0 aromatic rings. The lowest BCUT2D eigenvalue weighted by atomic mass is 10.1. The Labute approximate surface area is 98.3 Å². The topological polar surface area (TPSA) is 46.2 Å². The molecule has 1 atom stereocenters. The van der Waals surface area contributed by atoms with E-state index in [4.69, 9.17) is 11.6 Å². The molecule has 0 bridgehead atoms. The summed E-state index contributed by atoms with van der Waals surface area (Å²) in [7, 11) is 0. The molecule has 1 unspecified atom stereocenters. The summed E-state index contributed by atoms with van der Waals surface area (Å²) in [5.74, 6) is -9.87. The van der Waals surface area contributed by atoms with E-state index in [-0.39, 0.29) is 0 Å². The molecule has 0 aliphatic carbocycles. The van der Waals surface area contributed by atoms with Gasteiger partial charge in [0.15, 0.2) is 5.78 Å². The molecule has 0 saturated carbocycles. The summed E-state index contributed by atoms with van der Waals surface area (Å²) in [4.78, 5) is 21.5. The third-order valence-electron chi connectivity index (χ3n) is 1.89. The van der Waals surface area contributed by atoms with Gasteiger partial charge in [-0.3, -0.25) is 9.59 Å². The standard InChI is InChI=1S/C8H9ClF5NO2/c1-4(5(16)2-9)3-15-6(17)7(10,11)8(12,13)14/h4H,2-3H2,1H3,(H,15,17). The zero-order valence-electron chi connectivity index (χ0n) is 8.58. The van der Waals surface area contributed by atoms with Crippen LogP contribution in [0.3, 0.4) is 0 Å². The maximum absolute atomic E-state index is 12.4. The average molecular weight is 282 g/mol. The van der Waals surface area contributed by atoms with Gasteiger partial charge in [-0.2, -0.15) is 22.0 Å². The minimum Gasteiger partial charge on any atom is -0.350 e. The molecule has 0 spiro atoms. The smallest absolute Gasteiger partial charge is 0.350 e. The number of alkyl halides is 6. The Morgan fingerprint density at radius 1 is 1.24 bits per heavy atom. The number of Topliss-reactive ketones (excluding diaryl/α,β-unsaturated/α-hetero) is 1. The fourth-order valence-corrected chi connectivity index (χ4v) is 0.994. The molecule has 0 heterocycles. The molecule has 0 aliphatic heterocycles. The summed E-state index contributed by atoms with van der Waals surface area (Å²) in [6.07, 6.45) is -5.96. The number of nitrogens with one attached hydrogen (secondary N) is 1. The first-order valence-electron chi connectivity index (χ1n) is 4.35. The molecule has 0 rings (SSSR count). The number of halogens is 6. The Kier molecular flexibility index (Phi) is 5.31. The second-order valence-corrected chi connectivity index (χ2v) is 3.55. The van der Waals surface area contributed by atoms with E-state index < -0.39 is 42.1 Å². The monoisotopic (exact) mass is 281 g/mol. The van der Waals surface area contributed by atoms with E-state index in [1.807, 2.05) is 0 Å². The van der Waals surface area contributed by atoms with E-state index >= 15 is 0 Å². The predicted octanol–water partition coefficient (Wildman–Crippen LogP) is 1.74. The van der Waals surface area contributed by atoms with Crippen molar-refractivity contribution in [3.05, 3.63) is 0 Å². The maximum atomic E-state index is 12.4. The highest BCUT2D eigenvalue weighted by molar-refractivity contribution is 6.27. The molecule has 0 aromatic heterocycles. The van der Waals surface area contributed by atoms with Crippen LogP contribution in [0.4, 0.5) is 22.0 Å². The normalized spacial score (nSPS) is 14.3. The fraction of sp³-hybridized carbons (Fsp3) is 0.750. The summed E-state index contributed by atoms with van der Waals surface area (Å²) in [6.45, 7) is 0.618. The van der Waals surface area contributed by atoms with Gasteiger partial charge in [0.25, 0.3) is 5.91 Å². The van der Waals surface area contributed by atoms with Gasteiger partial charge in [-0.1, -0.05) is 6.92 Å². The molecular weight excluding hydrogens is 273 g/mol. The van der Waals surface area contributed by atoms with Crippen LogP contribution in [0.15, 0.2) is 0 Å². The van der Waals surface area contributed by atoms with Crippen LogP contribution in [0.2, 0.25) is 0 Å². The summed E-state index contributed by atoms with van der Waals surface area (Å²) in [6, 6.07) is 0. The molecule has 9 heteroatoms. The van der Waals surface area contributed by atoms with Crippen LogP contribution in [0.5, 0.6) is 0 Å². The Bertz CT molecular complexity index is 305. The molecule has 0 aromatic carbocycles. The van der Waals surface area contributed by atoms with Crippen LogP contribution in [0.1, 0.15) is 6.92 Å². The number of rotatable bonds is 5. The van der Waals surface area contributed by atoms with Crippen LogP contribution in [-0.4, -0.2) is 36.2 Å². The van der Waals surface area contributed by atoms with E-state index in [2.05, 4.69) is 0 Å². The van der Waals surface area contributed by atoms with Crippen molar-refractivity contribution in [1.82, 2.24) is 5.32 Å². The second-order valence-electron chi connectivity index (χ2n) is 3.28. The van der Waals surface area contributed by atoms with E-state index in [1.54, 1.807) is 0 Å². The van der Waals surface area contributed by atoms with Crippen LogP contribution in [0.25, 0.3) is 0 Å². The SMILES string of the molecule is CC(CNC(=O)C(F)(F)C(F)(F)F)C(=O)CCl. The molecule has 1 N–H and O–H groups in total. The first-order chi connectivity index (χ1) is 7.54. The van der Waals surface area contributed by atoms with Gasteiger partial charge in [-0.15, -0.1) is 11.6 Å². The maximum Gasteiger partial charge on any atom is 0.463 e. The van der Waals surface area contributed by atoms with Crippen molar-refractivity contribution < 1.29 is 31.5 Å². The second kappa shape index (κ2) is 5.61. The summed E-state index contributed by atoms with van der Waals surface area (Å²) < 4.78 is 60.0. The molecule has 0 radical (unpaired) electrons. The first kappa shape index (κ1) is 16.1. The molecule has 0 aliphatic rings. The highest BCUT2D eigenvalue weighted by atomic mass is 35.5. The van der Waals surface area contributed by atoms with Gasteiger partial charge < -0.3 is 5.32 Å². The van der Waals surface area contributed by atoms with E-state index in [0.717, 1.165) is 0 Å². The van der Waals surface area contributed by atoms with Gasteiger partial charge in [-0.25, -0.2) is 0 Å². The Balaban J connectivity index is 4.43. The van der Waals surface area contributed by atoms with Crippen LogP contribution >= 0.6 is 11.6 Å². The highest BCUT2D eigenvalue weighted by Gasteiger charge is 2.63. The zero-order chi connectivity index (χ0) is 13.9. The van der Waals surface area contributed by atoms with Crippen molar-refractivity contribution in [3.63, 3.8) is 0 Å². The lowest BCUT2D eigenvalue weighted by molar-refractivity contribution is -0.269. The van der Waals surface area contributed by atoms with Crippen molar-refractivity contribution in [3.8, 4) is 0 Å². The molecule has 3 nitrogen and oxygen atoms in total. The number of carbonyl (C=O) groups is 2. The van der Waals surface area contributed by atoms with E-state index in [1.165, 1.54) is 12.2 Å². The highest BCUT2D eigenvalue weighted by Crippen LogP contribution is 2.35. The molecule has 17 heavy (non-hydrogen) atoms. The number of hydrogen-bond donors (Lipinski definition) is 1. The summed E-state index contributed by atoms with van der Waals surface area (Å²) >= 11 is 5.13. The molecule has 0 fully saturated rings. The largest absolute Gasteiger partial charge is 0.463 e. The van der Waals surface area contributed by atoms with Gasteiger partial charge in [0.05, 0.1) is 5.88 Å². The molecular formula is C8H9ClF5NO2. The number of ketones is 1. The minimum absolute atomic E-state index is 0.410. The number of hydrogen-bond acceptors (Lipinski definition) is 2. The first-order valence-corrected chi connectivity index (χ1v) is 4.89. The number of amides is 1. The van der Waals surface area contributed by atoms with Gasteiger partial charge in [0.2, 0.25) is 0 Å². The Morgan fingerprint density at radius 3 is 2.06 bits per heavy atom. The quantitative estimate of drug-likeness (QED) is 0.616.